The Morgan fingerprint density at radius 1 is 1.08 bits per heavy atom. The number of anilines is 2. The van der Waals surface area contributed by atoms with E-state index in [1.165, 1.54) is 6.07 Å². The molecule has 0 saturated carbocycles. The minimum absolute atomic E-state index is 0.202. The lowest BCUT2D eigenvalue weighted by molar-refractivity contribution is -0.137. The molecule has 2 aliphatic rings. The maximum Gasteiger partial charge on any atom is 0.416 e. The molecule has 1 amide bonds. The first-order valence-electron chi connectivity index (χ1n) is 8.38. The minimum Gasteiger partial charge on any atom is -0.381 e. The summed E-state index contributed by atoms with van der Waals surface area (Å²) in [4.78, 5) is 14.4. The highest BCUT2D eigenvalue weighted by Gasteiger charge is 2.32. The van der Waals surface area contributed by atoms with Crippen molar-refractivity contribution in [2.24, 2.45) is 5.92 Å². The molecule has 0 aliphatic carbocycles. The Morgan fingerprint density at radius 2 is 1.72 bits per heavy atom. The molecule has 3 rings (SSSR count). The van der Waals surface area contributed by atoms with Gasteiger partial charge in [0.2, 0.25) is 5.91 Å². The Morgan fingerprint density at radius 3 is 2.36 bits per heavy atom. The minimum atomic E-state index is -4.46. The van der Waals surface area contributed by atoms with Gasteiger partial charge in [0, 0.05) is 32.2 Å². The van der Waals surface area contributed by atoms with Gasteiger partial charge in [-0.1, -0.05) is 0 Å². The number of amides is 1. The van der Waals surface area contributed by atoms with E-state index in [-0.39, 0.29) is 17.5 Å². The molecule has 0 aromatic heterocycles. The highest BCUT2D eigenvalue weighted by Crippen LogP contribution is 2.36. The Kier molecular flexibility index (Phi) is 5.48. The summed E-state index contributed by atoms with van der Waals surface area (Å²) in [6, 6.07) is 3.49. The average Bonchev–Trinajstić information content (AvgIpc) is 2.62. The zero-order chi connectivity index (χ0) is 17.9. The highest BCUT2D eigenvalue weighted by molar-refractivity contribution is 5.96. The average molecular weight is 358 g/mol. The summed E-state index contributed by atoms with van der Waals surface area (Å²) >= 11 is 0. The number of halogens is 3. The molecule has 1 N–H and O–H groups in total. The van der Waals surface area contributed by atoms with E-state index >= 15 is 0 Å². The van der Waals surface area contributed by atoms with E-state index < -0.39 is 11.7 Å². The summed E-state index contributed by atoms with van der Waals surface area (Å²) in [5, 5.41) is 2.71. The molecule has 5 nitrogen and oxygen atoms in total. The van der Waals surface area contributed by atoms with Crippen molar-refractivity contribution in [1.82, 2.24) is 0 Å². The third-order valence-electron chi connectivity index (χ3n) is 4.53. The first-order valence-corrected chi connectivity index (χ1v) is 8.38. The standard InChI is InChI=1S/C17H21F3N2O3/c18-17(19,20)13-1-2-15(22-5-9-25-10-6-22)14(11-13)21-16(23)12-3-7-24-8-4-12/h1-2,11-12H,3-10H2,(H,21,23). The van der Waals surface area contributed by atoms with Gasteiger partial charge in [-0.15, -0.1) is 0 Å². The monoisotopic (exact) mass is 358 g/mol. The van der Waals surface area contributed by atoms with Crippen LogP contribution in [0.15, 0.2) is 18.2 Å². The summed E-state index contributed by atoms with van der Waals surface area (Å²) in [6.07, 6.45) is -3.29. The molecular weight excluding hydrogens is 337 g/mol. The molecule has 0 atom stereocenters. The van der Waals surface area contributed by atoms with Gasteiger partial charge in [0.15, 0.2) is 0 Å². The molecule has 8 heteroatoms. The number of alkyl halides is 3. The van der Waals surface area contributed by atoms with Gasteiger partial charge in [0.25, 0.3) is 0 Å². The second kappa shape index (κ2) is 7.61. The number of hydrogen-bond acceptors (Lipinski definition) is 4. The summed E-state index contributed by atoms with van der Waals surface area (Å²) in [6.45, 7) is 3.16. The number of nitrogens with one attached hydrogen (secondary N) is 1. The van der Waals surface area contributed by atoms with Crippen LogP contribution in [0.25, 0.3) is 0 Å². The van der Waals surface area contributed by atoms with Gasteiger partial charge in [0.05, 0.1) is 30.2 Å². The van der Waals surface area contributed by atoms with E-state index in [1.54, 1.807) is 0 Å². The SMILES string of the molecule is O=C(Nc1cc(C(F)(F)F)ccc1N1CCOCC1)C1CCOCC1. The van der Waals surface area contributed by atoms with Crippen LogP contribution in [0.4, 0.5) is 24.5 Å². The first kappa shape index (κ1) is 18.0. The fourth-order valence-corrected chi connectivity index (χ4v) is 3.09. The quantitative estimate of drug-likeness (QED) is 0.903. The van der Waals surface area contributed by atoms with Crippen molar-refractivity contribution in [1.29, 1.82) is 0 Å². The van der Waals surface area contributed by atoms with Gasteiger partial charge in [0.1, 0.15) is 0 Å². The predicted molar refractivity (Wildman–Crippen MR) is 86.6 cm³/mol. The fourth-order valence-electron chi connectivity index (χ4n) is 3.09. The first-order chi connectivity index (χ1) is 11.9. The summed E-state index contributed by atoms with van der Waals surface area (Å²) in [5.41, 5.74) is 0.0247. The second-order valence-electron chi connectivity index (χ2n) is 6.21. The number of carbonyl (C=O) groups is 1. The van der Waals surface area contributed by atoms with Crippen molar-refractivity contribution in [3.05, 3.63) is 23.8 Å². The van der Waals surface area contributed by atoms with Crippen molar-refractivity contribution in [3.8, 4) is 0 Å². The maximum atomic E-state index is 13.1. The molecule has 0 spiro atoms. The van der Waals surface area contributed by atoms with Gasteiger partial charge in [-0.05, 0) is 31.0 Å². The Hall–Kier alpha value is -1.80. The second-order valence-corrected chi connectivity index (χ2v) is 6.21. The van der Waals surface area contributed by atoms with Gasteiger partial charge < -0.3 is 19.7 Å². The smallest absolute Gasteiger partial charge is 0.381 e. The normalized spacial score (nSPS) is 19.7. The zero-order valence-electron chi connectivity index (χ0n) is 13.8. The van der Waals surface area contributed by atoms with Crippen molar-refractivity contribution in [2.75, 3.05) is 49.7 Å². The van der Waals surface area contributed by atoms with Crippen LogP contribution in [-0.4, -0.2) is 45.4 Å². The Labute approximate surface area is 144 Å². The molecule has 2 saturated heterocycles. The van der Waals surface area contributed by atoms with Crippen molar-refractivity contribution in [2.45, 2.75) is 19.0 Å². The molecule has 2 heterocycles. The molecule has 2 fully saturated rings. The van der Waals surface area contributed by atoms with Gasteiger partial charge in [-0.2, -0.15) is 13.2 Å². The Bertz CT molecular complexity index is 610. The molecule has 0 unspecified atom stereocenters. The maximum absolute atomic E-state index is 13.1. The van der Waals surface area contributed by atoms with Crippen LogP contribution in [0.5, 0.6) is 0 Å². The van der Waals surface area contributed by atoms with Crippen LogP contribution in [0.3, 0.4) is 0 Å². The van der Waals surface area contributed by atoms with Crippen LogP contribution in [0.1, 0.15) is 18.4 Å². The summed E-state index contributed by atoms with van der Waals surface area (Å²) in [7, 11) is 0. The van der Waals surface area contributed by atoms with E-state index in [1.807, 2.05) is 4.90 Å². The van der Waals surface area contributed by atoms with Crippen LogP contribution >= 0.6 is 0 Å². The molecule has 0 radical (unpaired) electrons. The number of morpholine rings is 1. The largest absolute Gasteiger partial charge is 0.416 e. The fraction of sp³-hybridized carbons (Fsp3) is 0.588. The molecule has 0 bridgehead atoms. The van der Waals surface area contributed by atoms with Crippen molar-refractivity contribution >= 4 is 17.3 Å². The number of carbonyl (C=O) groups excluding carboxylic acids is 1. The molecule has 138 valence electrons. The molecule has 25 heavy (non-hydrogen) atoms. The zero-order valence-corrected chi connectivity index (χ0v) is 13.8. The van der Waals surface area contributed by atoms with E-state index in [4.69, 9.17) is 9.47 Å². The third-order valence-corrected chi connectivity index (χ3v) is 4.53. The Balaban J connectivity index is 1.85. The number of benzene rings is 1. The van der Waals surface area contributed by atoms with Crippen LogP contribution in [0, 0.1) is 5.92 Å². The number of nitrogens with zero attached hydrogens (tertiary/aromatic N) is 1. The highest BCUT2D eigenvalue weighted by atomic mass is 19.4. The molecular formula is C17H21F3N2O3. The van der Waals surface area contributed by atoms with Crippen LogP contribution in [-0.2, 0) is 20.4 Å². The summed E-state index contributed by atoms with van der Waals surface area (Å²) in [5.74, 6) is -0.488. The van der Waals surface area contributed by atoms with E-state index in [2.05, 4.69) is 5.32 Å². The van der Waals surface area contributed by atoms with E-state index in [0.717, 1.165) is 12.1 Å². The predicted octanol–water partition coefficient (Wildman–Crippen LogP) is 2.91. The van der Waals surface area contributed by atoms with Crippen LogP contribution < -0.4 is 10.2 Å². The van der Waals surface area contributed by atoms with E-state index in [0.29, 0.717) is 58.0 Å². The van der Waals surface area contributed by atoms with Crippen molar-refractivity contribution in [3.63, 3.8) is 0 Å². The molecule has 2 aliphatic heterocycles. The lowest BCUT2D eigenvalue weighted by Gasteiger charge is -2.31. The van der Waals surface area contributed by atoms with Gasteiger partial charge >= 0.3 is 6.18 Å². The lowest BCUT2D eigenvalue weighted by Crippen LogP contribution is -2.37. The van der Waals surface area contributed by atoms with Gasteiger partial charge in [-0.25, -0.2) is 0 Å². The number of ether oxygens (including phenoxy) is 2. The number of rotatable bonds is 3. The topological polar surface area (TPSA) is 50.8 Å². The number of hydrogen-bond donors (Lipinski definition) is 1. The van der Waals surface area contributed by atoms with Gasteiger partial charge in [-0.3, -0.25) is 4.79 Å². The van der Waals surface area contributed by atoms with E-state index in [9.17, 15) is 18.0 Å². The third kappa shape index (κ3) is 4.43. The summed E-state index contributed by atoms with van der Waals surface area (Å²) < 4.78 is 49.7. The lowest BCUT2D eigenvalue weighted by atomic mass is 9.99. The van der Waals surface area contributed by atoms with Crippen molar-refractivity contribution < 1.29 is 27.4 Å². The molecule has 1 aromatic carbocycles. The van der Waals surface area contributed by atoms with Crippen LogP contribution in [0.2, 0.25) is 0 Å². The molecule has 1 aromatic rings.